The van der Waals surface area contributed by atoms with Crippen LogP contribution in [0.1, 0.15) is 43.7 Å². The molecule has 2 aliphatic heterocycles. The molecular formula is C22H26N2OS. The lowest BCUT2D eigenvalue weighted by molar-refractivity contribution is -0.125. The van der Waals surface area contributed by atoms with Gasteiger partial charge >= 0.3 is 0 Å². The first-order valence-corrected chi connectivity index (χ1v) is 10.5. The summed E-state index contributed by atoms with van der Waals surface area (Å²) in [5.41, 5.74) is 3.74. The largest absolute Gasteiger partial charge is 0.352 e. The normalized spacial score (nSPS) is 29.3. The predicted octanol–water partition coefficient (Wildman–Crippen LogP) is 4.46. The van der Waals surface area contributed by atoms with Crippen molar-refractivity contribution < 1.29 is 4.79 Å². The van der Waals surface area contributed by atoms with Crippen LogP contribution in [0.3, 0.4) is 0 Å². The van der Waals surface area contributed by atoms with Crippen LogP contribution in [-0.2, 0) is 11.3 Å². The number of rotatable bonds is 4. The van der Waals surface area contributed by atoms with Crippen LogP contribution >= 0.6 is 11.8 Å². The average molecular weight is 367 g/mol. The second kappa shape index (κ2) is 7.07. The molecule has 1 fully saturated rings. The number of amides is 1. The van der Waals surface area contributed by atoms with E-state index in [0.717, 1.165) is 24.2 Å². The molecule has 4 rings (SSSR count). The van der Waals surface area contributed by atoms with Gasteiger partial charge in [-0.3, -0.25) is 9.79 Å². The lowest BCUT2D eigenvalue weighted by atomic mass is 9.73. The molecule has 0 saturated carbocycles. The van der Waals surface area contributed by atoms with Crippen LogP contribution in [0.2, 0.25) is 0 Å². The number of hydrogen-bond acceptors (Lipinski definition) is 3. The van der Waals surface area contributed by atoms with Crippen molar-refractivity contribution in [1.82, 2.24) is 5.32 Å². The second-order valence-corrected chi connectivity index (χ2v) is 9.09. The van der Waals surface area contributed by atoms with E-state index in [1.165, 1.54) is 11.3 Å². The highest BCUT2D eigenvalue weighted by Gasteiger charge is 2.54. The van der Waals surface area contributed by atoms with Crippen LogP contribution in [0.4, 0.5) is 0 Å². The van der Waals surface area contributed by atoms with Crippen LogP contribution in [-0.4, -0.2) is 22.1 Å². The summed E-state index contributed by atoms with van der Waals surface area (Å²) in [6.45, 7) is 4.99. The van der Waals surface area contributed by atoms with E-state index in [2.05, 4.69) is 66.7 Å². The van der Waals surface area contributed by atoms with Gasteiger partial charge in [-0.05, 0) is 23.5 Å². The number of hydrogen-bond donors (Lipinski definition) is 1. The zero-order valence-electron chi connectivity index (χ0n) is 15.4. The Kier molecular flexibility index (Phi) is 4.78. The third-order valence-electron chi connectivity index (χ3n) is 5.85. The maximum absolute atomic E-state index is 12.9. The first-order valence-electron chi connectivity index (χ1n) is 9.49. The van der Waals surface area contributed by atoms with Crippen molar-refractivity contribution in [1.29, 1.82) is 0 Å². The number of allylic oxidation sites excluding steroid dienone is 3. The van der Waals surface area contributed by atoms with Crippen LogP contribution in [0, 0.1) is 11.8 Å². The molecule has 1 saturated heterocycles. The van der Waals surface area contributed by atoms with Gasteiger partial charge in [-0.2, -0.15) is 0 Å². The number of carbonyl (C=O) groups is 1. The van der Waals surface area contributed by atoms with Crippen molar-refractivity contribution in [2.75, 3.05) is 5.75 Å². The van der Waals surface area contributed by atoms with Crippen molar-refractivity contribution in [3.63, 3.8) is 0 Å². The molecule has 3 nitrogen and oxygen atoms in total. The third kappa shape index (κ3) is 3.05. The minimum absolute atomic E-state index is 0.0183. The van der Waals surface area contributed by atoms with Crippen molar-refractivity contribution in [3.8, 4) is 0 Å². The van der Waals surface area contributed by atoms with E-state index in [1.54, 1.807) is 0 Å². The Morgan fingerprint density at radius 1 is 1.31 bits per heavy atom. The molecule has 0 aromatic heterocycles. The molecule has 136 valence electrons. The highest BCUT2D eigenvalue weighted by atomic mass is 32.2. The molecule has 1 aliphatic carbocycles. The first kappa shape index (κ1) is 17.6. The summed E-state index contributed by atoms with van der Waals surface area (Å²) in [6.07, 6.45) is 10.4. The van der Waals surface area contributed by atoms with Crippen molar-refractivity contribution in [2.24, 2.45) is 16.8 Å². The Balaban J connectivity index is 1.42. The molecule has 1 aromatic rings. The summed E-state index contributed by atoms with van der Waals surface area (Å²) in [5, 5.41) is 3.17. The molecular weight excluding hydrogens is 340 g/mol. The number of benzene rings is 1. The standard InChI is InChI=1S/C22H26N2OS/c1-15(2)17-8-6-16(7-9-17)13-24-21(25)18-14-26-22-11-4-3-5-20(22)23-12-10-19(18)22/h3-4,6-10,12,15,18-19H,5,11,13-14H2,1-2H3,(H,24,25). The molecule has 2 heterocycles. The maximum Gasteiger partial charge on any atom is 0.224 e. The van der Waals surface area contributed by atoms with Crippen molar-refractivity contribution in [3.05, 3.63) is 59.8 Å². The van der Waals surface area contributed by atoms with Gasteiger partial charge in [-0.15, -0.1) is 11.8 Å². The van der Waals surface area contributed by atoms with Gasteiger partial charge in [-0.25, -0.2) is 0 Å². The van der Waals surface area contributed by atoms with Crippen LogP contribution in [0.25, 0.3) is 0 Å². The lowest BCUT2D eigenvalue weighted by Gasteiger charge is -2.38. The molecule has 26 heavy (non-hydrogen) atoms. The van der Waals surface area contributed by atoms with Crippen molar-refractivity contribution >= 4 is 23.4 Å². The van der Waals surface area contributed by atoms with E-state index in [9.17, 15) is 4.79 Å². The number of nitrogens with one attached hydrogen (secondary N) is 1. The fourth-order valence-electron chi connectivity index (χ4n) is 4.23. The van der Waals surface area contributed by atoms with Gasteiger partial charge in [0.1, 0.15) is 0 Å². The highest BCUT2D eigenvalue weighted by molar-refractivity contribution is 8.01. The third-order valence-corrected chi connectivity index (χ3v) is 7.57. The minimum atomic E-state index is 0.0183. The molecule has 3 unspecified atom stereocenters. The summed E-state index contributed by atoms with van der Waals surface area (Å²) < 4.78 is 0.0183. The average Bonchev–Trinajstić information content (AvgIpc) is 3.04. The van der Waals surface area contributed by atoms with E-state index in [0.29, 0.717) is 12.5 Å². The highest BCUT2D eigenvalue weighted by Crippen LogP contribution is 2.53. The van der Waals surface area contributed by atoms with Gasteiger partial charge in [0.15, 0.2) is 0 Å². The van der Waals surface area contributed by atoms with Gasteiger partial charge in [0.2, 0.25) is 5.91 Å². The SMILES string of the molecule is CC(C)c1ccc(CNC(=O)C2CSC34CC=CCC3=NC=CC24)cc1. The van der Waals surface area contributed by atoms with Crippen LogP contribution in [0.15, 0.2) is 53.7 Å². The summed E-state index contributed by atoms with van der Waals surface area (Å²) in [7, 11) is 0. The predicted molar refractivity (Wildman–Crippen MR) is 109 cm³/mol. The minimum Gasteiger partial charge on any atom is -0.352 e. The number of nitrogens with zero attached hydrogens (tertiary/aromatic N) is 1. The topological polar surface area (TPSA) is 41.5 Å². The molecule has 0 bridgehead atoms. The molecule has 1 N–H and O–H groups in total. The van der Waals surface area contributed by atoms with Crippen molar-refractivity contribution in [2.45, 2.75) is 43.9 Å². The van der Waals surface area contributed by atoms with Gasteiger partial charge in [-0.1, -0.05) is 56.3 Å². The Hall–Kier alpha value is -1.81. The smallest absolute Gasteiger partial charge is 0.224 e. The van der Waals surface area contributed by atoms with Gasteiger partial charge in [0, 0.05) is 36.5 Å². The zero-order chi connectivity index (χ0) is 18.1. The molecule has 3 aliphatic rings. The Bertz CT molecular complexity index is 778. The molecule has 3 atom stereocenters. The van der Waals surface area contributed by atoms with Gasteiger partial charge in [0.05, 0.1) is 10.7 Å². The second-order valence-electron chi connectivity index (χ2n) is 7.74. The van der Waals surface area contributed by atoms with Gasteiger partial charge in [0.25, 0.3) is 0 Å². The Morgan fingerprint density at radius 2 is 2.12 bits per heavy atom. The lowest BCUT2D eigenvalue weighted by Crippen LogP contribution is -2.45. The van der Waals surface area contributed by atoms with Crippen LogP contribution in [0.5, 0.6) is 0 Å². The first-order chi connectivity index (χ1) is 12.6. The summed E-state index contributed by atoms with van der Waals surface area (Å²) in [5.74, 6) is 1.87. The number of carbonyl (C=O) groups excluding carboxylic acids is 1. The molecule has 1 amide bonds. The summed E-state index contributed by atoms with van der Waals surface area (Å²) in [6, 6.07) is 8.57. The van der Waals surface area contributed by atoms with E-state index >= 15 is 0 Å². The number of thioether (sulfide) groups is 1. The quantitative estimate of drug-likeness (QED) is 0.799. The van der Waals surface area contributed by atoms with E-state index in [-0.39, 0.29) is 22.5 Å². The number of aliphatic imine (C=N–C) groups is 1. The van der Waals surface area contributed by atoms with E-state index < -0.39 is 0 Å². The zero-order valence-corrected chi connectivity index (χ0v) is 16.3. The fraction of sp³-hybridized carbons (Fsp3) is 0.455. The monoisotopic (exact) mass is 366 g/mol. The maximum atomic E-state index is 12.9. The summed E-state index contributed by atoms with van der Waals surface area (Å²) in [4.78, 5) is 17.5. The molecule has 4 heteroatoms. The van der Waals surface area contributed by atoms with Gasteiger partial charge < -0.3 is 5.32 Å². The van der Waals surface area contributed by atoms with E-state index in [4.69, 9.17) is 0 Å². The molecule has 1 spiro atoms. The summed E-state index contributed by atoms with van der Waals surface area (Å²) >= 11 is 1.93. The Morgan fingerprint density at radius 3 is 2.88 bits per heavy atom. The Labute approximate surface area is 160 Å². The fourth-order valence-corrected chi connectivity index (χ4v) is 6.02. The molecule has 0 radical (unpaired) electrons. The molecule has 1 aromatic carbocycles. The van der Waals surface area contributed by atoms with E-state index in [1.807, 2.05) is 18.0 Å². The van der Waals surface area contributed by atoms with Crippen LogP contribution < -0.4 is 5.32 Å².